The van der Waals surface area contributed by atoms with Gasteiger partial charge in [-0.05, 0) is 61.3 Å². The Hall–Kier alpha value is -2.26. The van der Waals surface area contributed by atoms with E-state index < -0.39 is 12.7 Å². The van der Waals surface area contributed by atoms with Crippen LogP contribution < -0.4 is 0 Å². The van der Waals surface area contributed by atoms with Gasteiger partial charge in [0, 0.05) is 38.4 Å². The van der Waals surface area contributed by atoms with Crippen molar-refractivity contribution in [2.75, 3.05) is 0 Å². The second kappa shape index (κ2) is 7.29. The van der Waals surface area contributed by atoms with Crippen molar-refractivity contribution in [3.8, 4) is 11.3 Å². The Morgan fingerprint density at radius 2 is 2.00 bits per heavy atom. The summed E-state index contributed by atoms with van der Waals surface area (Å²) < 4.78 is 33.2. The van der Waals surface area contributed by atoms with E-state index in [0.717, 1.165) is 50.0 Å². The van der Waals surface area contributed by atoms with E-state index in [1.54, 1.807) is 6.07 Å². The molecule has 0 amide bonds. The first-order chi connectivity index (χ1) is 15.2. The van der Waals surface area contributed by atoms with E-state index in [1.807, 2.05) is 31.3 Å². The molecule has 0 radical (unpaired) electrons. The summed E-state index contributed by atoms with van der Waals surface area (Å²) in [5.74, 6) is -0.267. The van der Waals surface area contributed by atoms with Gasteiger partial charge in [0.2, 0.25) is 0 Å². The number of hydrogen-bond donors (Lipinski definition) is 0. The van der Waals surface area contributed by atoms with Crippen molar-refractivity contribution in [3.63, 3.8) is 0 Å². The third-order valence-electron chi connectivity index (χ3n) is 6.07. The lowest BCUT2D eigenvalue weighted by molar-refractivity contribution is 0.316. The zero-order chi connectivity index (χ0) is 22.5. The third kappa shape index (κ3) is 3.12. The second-order valence-electron chi connectivity index (χ2n) is 7.78. The fourth-order valence-electron chi connectivity index (χ4n) is 4.48. The molecule has 142 valence electrons. The predicted octanol–water partition coefficient (Wildman–Crippen LogP) is 7.50. The van der Waals surface area contributed by atoms with E-state index in [9.17, 15) is 0 Å². The number of rotatable bonds is 3. The largest absolute Gasteiger partial charge is 0.256 e. The quantitative estimate of drug-likeness (QED) is 0.362. The van der Waals surface area contributed by atoms with Gasteiger partial charge in [0.1, 0.15) is 4.83 Å². The third-order valence-corrected chi connectivity index (χ3v) is 7.22. The van der Waals surface area contributed by atoms with Crippen LogP contribution in [0.5, 0.6) is 0 Å². The normalized spacial score (nSPS) is 20.3. The Bertz CT molecular complexity index is 1290. The fraction of sp³-hybridized carbons (Fsp3) is 0.360. The molecule has 0 saturated heterocycles. The van der Waals surface area contributed by atoms with E-state index in [1.165, 1.54) is 30.6 Å². The first-order valence-corrected chi connectivity index (χ1v) is 10.9. The summed E-state index contributed by atoms with van der Waals surface area (Å²) in [4.78, 5) is 9.83. The highest BCUT2D eigenvalue weighted by molar-refractivity contribution is 7.26. The first kappa shape index (κ1) is 13.8. The predicted molar refractivity (Wildman–Crippen MR) is 120 cm³/mol. The van der Waals surface area contributed by atoms with Crippen LogP contribution in [0, 0.1) is 12.8 Å². The highest BCUT2D eigenvalue weighted by atomic mass is 32.1. The molecule has 1 atom stereocenters. The van der Waals surface area contributed by atoms with Gasteiger partial charge < -0.3 is 0 Å². The summed E-state index contributed by atoms with van der Waals surface area (Å²) in [5, 5.41) is 2.02. The van der Waals surface area contributed by atoms with E-state index in [0.29, 0.717) is 5.92 Å². The van der Waals surface area contributed by atoms with Crippen LogP contribution in [0.2, 0.25) is 0 Å². The molecule has 0 bridgehead atoms. The van der Waals surface area contributed by atoms with E-state index in [4.69, 9.17) is 5.48 Å². The van der Waals surface area contributed by atoms with Gasteiger partial charge in [-0.2, -0.15) is 0 Å². The van der Waals surface area contributed by atoms with Crippen LogP contribution in [-0.4, -0.2) is 9.97 Å². The first-order valence-electron chi connectivity index (χ1n) is 12.0. The summed E-state index contributed by atoms with van der Waals surface area (Å²) in [7, 11) is 0. The van der Waals surface area contributed by atoms with E-state index >= 15 is 0 Å². The maximum Gasteiger partial charge on any atom is 0.124 e. The van der Waals surface area contributed by atoms with Gasteiger partial charge in [-0.3, -0.25) is 4.98 Å². The van der Waals surface area contributed by atoms with Crippen LogP contribution in [0.25, 0.3) is 31.6 Å². The number of hydrogen-bond acceptors (Lipinski definition) is 3. The van der Waals surface area contributed by atoms with E-state index in [-0.39, 0.29) is 5.69 Å². The van der Waals surface area contributed by atoms with Crippen LogP contribution in [0.3, 0.4) is 0 Å². The lowest BCUT2D eigenvalue weighted by Gasteiger charge is -2.28. The standard InChI is InChI=1S/C25H26N2S/c1-16-11-12-21-20-9-6-10-22(24(20)28-25(21)27-16)23-15-19(13-14-26-23)17(2)18-7-4-3-5-8-18/h6,9-15,17-18H,3-5,7-8H2,1-2H3/i1D3,17D. The average Bonchev–Trinajstić information content (AvgIpc) is 3.17. The SMILES string of the molecule is [2H]C([2H])([2H])c1ccc2c(n1)sc1c(-c3cc(C([2H])(C)C4CCCCC4)ccn3)cccc12. The molecule has 3 heterocycles. The molecule has 1 unspecified atom stereocenters. The summed E-state index contributed by atoms with van der Waals surface area (Å²) >= 11 is 1.51. The molecule has 0 aliphatic heterocycles. The van der Waals surface area contributed by atoms with Gasteiger partial charge in [-0.1, -0.05) is 44.4 Å². The lowest BCUT2D eigenvalue weighted by Crippen LogP contribution is -2.14. The molecule has 1 aliphatic carbocycles. The zero-order valence-electron chi connectivity index (χ0n) is 20.0. The molecule has 4 aromatic rings. The molecule has 2 nitrogen and oxygen atoms in total. The lowest BCUT2D eigenvalue weighted by atomic mass is 9.78. The number of nitrogens with zero attached hydrogens (tertiary/aromatic N) is 2. The zero-order valence-corrected chi connectivity index (χ0v) is 16.9. The molecule has 1 aromatic carbocycles. The Morgan fingerprint density at radius 1 is 1.11 bits per heavy atom. The molecule has 5 rings (SSSR count). The van der Waals surface area contributed by atoms with Crippen LogP contribution in [-0.2, 0) is 0 Å². The number of fused-ring (bicyclic) bond motifs is 3. The van der Waals surface area contributed by atoms with Crippen molar-refractivity contribution < 1.29 is 5.48 Å². The van der Waals surface area contributed by atoms with Crippen molar-refractivity contribution in [2.45, 2.75) is 51.8 Å². The summed E-state index contributed by atoms with van der Waals surface area (Å²) in [6.45, 7) is -0.177. The van der Waals surface area contributed by atoms with Crippen molar-refractivity contribution >= 4 is 31.6 Å². The molecule has 1 fully saturated rings. The monoisotopic (exact) mass is 390 g/mol. The molecule has 0 N–H and O–H groups in total. The minimum Gasteiger partial charge on any atom is -0.256 e. The number of benzene rings is 1. The van der Waals surface area contributed by atoms with Gasteiger partial charge in [-0.25, -0.2) is 4.98 Å². The number of aryl methyl sites for hydroxylation is 1. The highest BCUT2D eigenvalue weighted by Crippen LogP contribution is 2.40. The fourth-order valence-corrected chi connectivity index (χ4v) is 5.67. The molecular weight excluding hydrogens is 360 g/mol. The van der Waals surface area contributed by atoms with Gasteiger partial charge in [0.05, 0.1) is 5.69 Å². The average molecular weight is 391 g/mol. The molecule has 28 heavy (non-hydrogen) atoms. The molecular formula is C25H26N2S. The Balaban J connectivity index is 1.61. The van der Waals surface area contributed by atoms with Crippen molar-refractivity contribution in [1.82, 2.24) is 9.97 Å². The molecule has 1 saturated carbocycles. The van der Waals surface area contributed by atoms with Gasteiger partial charge in [0.15, 0.2) is 0 Å². The molecule has 0 spiro atoms. The smallest absolute Gasteiger partial charge is 0.124 e. The van der Waals surface area contributed by atoms with E-state index in [2.05, 4.69) is 28.2 Å². The minimum absolute atomic E-state index is 0.121. The maximum atomic E-state index is 9.17. The van der Waals surface area contributed by atoms with Crippen LogP contribution in [0.1, 0.15) is 61.7 Å². The summed E-state index contributed by atoms with van der Waals surface area (Å²) in [5.41, 5.74) is 2.98. The van der Waals surface area contributed by atoms with Crippen LogP contribution in [0.4, 0.5) is 0 Å². The highest BCUT2D eigenvalue weighted by Gasteiger charge is 2.22. The summed E-state index contributed by atoms with van der Waals surface area (Å²) in [6.07, 6.45) is 7.74. The number of aromatic nitrogens is 2. The Morgan fingerprint density at radius 3 is 2.86 bits per heavy atom. The van der Waals surface area contributed by atoms with Crippen molar-refractivity contribution in [2.24, 2.45) is 5.92 Å². The number of thiophene rings is 1. The van der Waals surface area contributed by atoms with Gasteiger partial charge >= 0.3 is 0 Å². The topological polar surface area (TPSA) is 25.8 Å². The number of pyridine rings is 2. The van der Waals surface area contributed by atoms with Gasteiger partial charge in [0.25, 0.3) is 0 Å². The maximum absolute atomic E-state index is 9.17. The van der Waals surface area contributed by atoms with Gasteiger partial charge in [-0.15, -0.1) is 11.3 Å². The minimum atomic E-state index is -2.22. The van der Waals surface area contributed by atoms with Crippen molar-refractivity contribution in [3.05, 3.63) is 59.9 Å². The summed E-state index contributed by atoms with van der Waals surface area (Å²) in [6, 6.07) is 13.6. The Kier molecular flexibility index (Phi) is 3.60. The van der Waals surface area contributed by atoms with Crippen LogP contribution in [0.15, 0.2) is 48.7 Å². The second-order valence-corrected chi connectivity index (χ2v) is 8.78. The molecule has 1 aliphatic rings. The molecule has 3 heteroatoms. The molecule has 3 aromatic heterocycles. The van der Waals surface area contributed by atoms with Crippen molar-refractivity contribution in [1.29, 1.82) is 0 Å². The van der Waals surface area contributed by atoms with Crippen LogP contribution >= 0.6 is 11.3 Å². The Labute approximate surface area is 176 Å².